The van der Waals surface area contributed by atoms with E-state index in [1.807, 2.05) is 32.2 Å². The summed E-state index contributed by atoms with van der Waals surface area (Å²) >= 11 is 0. The van der Waals surface area contributed by atoms with Gasteiger partial charge in [0.1, 0.15) is 17.6 Å². The second-order valence-electron chi connectivity index (χ2n) is 7.11. The molecule has 0 aliphatic carbocycles. The molecule has 2 aromatic heterocycles. The lowest BCUT2D eigenvalue weighted by molar-refractivity contribution is 0.103. The Hall–Kier alpha value is -3.11. The van der Waals surface area contributed by atoms with Crippen LogP contribution in [0.2, 0.25) is 0 Å². The third-order valence-corrected chi connectivity index (χ3v) is 5.28. The molecule has 0 saturated carbocycles. The Balaban J connectivity index is 1.65. The third-order valence-electron chi connectivity index (χ3n) is 5.28. The lowest BCUT2D eigenvalue weighted by atomic mass is 9.91. The van der Waals surface area contributed by atoms with Crippen LogP contribution in [-0.4, -0.2) is 52.5 Å². The molecule has 3 saturated heterocycles. The Morgan fingerprint density at radius 3 is 2.89 bits per heavy atom. The number of pyridine rings is 1. The topological polar surface area (TPSA) is 78.0 Å². The van der Waals surface area contributed by atoms with Crippen molar-refractivity contribution in [1.82, 2.24) is 19.8 Å². The van der Waals surface area contributed by atoms with E-state index >= 15 is 0 Å². The van der Waals surface area contributed by atoms with Gasteiger partial charge in [-0.05, 0) is 31.9 Å². The third kappa shape index (κ3) is 3.27. The predicted octanol–water partition coefficient (Wildman–Crippen LogP) is 2.60. The monoisotopic (exact) mass is 376 g/mol. The zero-order valence-corrected chi connectivity index (χ0v) is 16.2. The molecule has 1 N–H and O–H groups in total. The number of nitriles is 1. The maximum absolute atomic E-state index is 9.48. The van der Waals surface area contributed by atoms with Crippen LogP contribution in [0, 0.1) is 11.3 Å². The summed E-state index contributed by atoms with van der Waals surface area (Å²) in [6.07, 6.45) is 8.40. The molecule has 2 bridgehead atoms. The molecule has 28 heavy (non-hydrogen) atoms. The first kappa shape index (κ1) is 18.3. The number of hydrogen-bond acceptors (Lipinski definition) is 6. The Bertz CT molecular complexity index is 996. The molecule has 2 aromatic rings. The van der Waals surface area contributed by atoms with E-state index in [1.165, 1.54) is 6.42 Å². The van der Waals surface area contributed by atoms with Crippen LogP contribution in [-0.2, 0) is 0 Å². The highest BCUT2D eigenvalue weighted by molar-refractivity contribution is 6.13. The van der Waals surface area contributed by atoms with E-state index in [0.717, 1.165) is 35.6 Å². The number of fused-ring (bicyclic) bond motifs is 3. The second-order valence-corrected chi connectivity index (χ2v) is 7.11. The minimum absolute atomic E-state index is 0.520. The van der Waals surface area contributed by atoms with Crippen LogP contribution >= 0.6 is 0 Å². The van der Waals surface area contributed by atoms with Crippen molar-refractivity contribution in [3.63, 3.8) is 0 Å². The fourth-order valence-electron chi connectivity index (χ4n) is 3.89. The van der Waals surface area contributed by atoms with E-state index in [0.29, 0.717) is 30.0 Å². The van der Waals surface area contributed by atoms with E-state index < -0.39 is 0 Å². The van der Waals surface area contributed by atoms with Crippen LogP contribution in [0.25, 0.3) is 11.1 Å². The van der Waals surface area contributed by atoms with Crippen LogP contribution in [0.1, 0.15) is 31.4 Å². The molecule has 2 unspecified atom stereocenters. The summed E-state index contributed by atoms with van der Waals surface area (Å²) in [6.45, 7) is 10.5. The number of piperazine rings is 1. The fourth-order valence-corrected chi connectivity index (χ4v) is 3.89. The lowest BCUT2D eigenvalue weighted by Gasteiger charge is -2.48. The van der Waals surface area contributed by atoms with Gasteiger partial charge >= 0.3 is 0 Å². The molecule has 0 spiro atoms. The van der Waals surface area contributed by atoms with Crippen molar-refractivity contribution < 1.29 is 4.74 Å². The summed E-state index contributed by atoms with van der Waals surface area (Å²) < 4.78 is 7.37. The van der Waals surface area contributed by atoms with Gasteiger partial charge in [0.15, 0.2) is 0 Å². The average molecular weight is 376 g/mol. The Morgan fingerprint density at radius 2 is 2.25 bits per heavy atom. The summed E-state index contributed by atoms with van der Waals surface area (Å²) in [4.78, 5) is 6.86. The van der Waals surface area contributed by atoms with Gasteiger partial charge in [0.2, 0.25) is 0 Å². The van der Waals surface area contributed by atoms with E-state index in [2.05, 4.69) is 33.0 Å². The average Bonchev–Trinajstić information content (AvgIpc) is 3.11. The largest absolute Gasteiger partial charge is 0.492 e. The van der Waals surface area contributed by atoms with Gasteiger partial charge in [-0.3, -0.25) is 0 Å². The van der Waals surface area contributed by atoms with Crippen molar-refractivity contribution in [2.24, 2.45) is 4.99 Å². The zero-order valence-electron chi connectivity index (χ0n) is 16.2. The van der Waals surface area contributed by atoms with Gasteiger partial charge in [-0.1, -0.05) is 12.7 Å². The molecule has 5 rings (SSSR count). The predicted molar refractivity (Wildman–Crippen MR) is 109 cm³/mol. The van der Waals surface area contributed by atoms with Crippen molar-refractivity contribution in [2.45, 2.75) is 32.4 Å². The van der Waals surface area contributed by atoms with E-state index in [4.69, 9.17) is 4.74 Å². The van der Waals surface area contributed by atoms with Crippen molar-refractivity contribution in [3.8, 4) is 11.8 Å². The highest BCUT2D eigenvalue weighted by atomic mass is 16.5. The maximum Gasteiger partial charge on any atom is 0.138 e. The molecular formula is C21H24N6O. The molecule has 7 nitrogen and oxygen atoms in total. The minimum Gasteiger partial charge on any atom is -0.492 e. The standard InChI is InChI=1S/C21H24N6O/c1-4-15(9-23-14(3)26-11-17-6-18(12-26)25-17)20-7-19(28-5-2)13-27-21(20)16(8-22)10-24-27/h4,7,9-10,13,17-18,25H,3,5-6,11-12H2,1-2H3/b15-4+,23-9?. The number of nitrogens with zero attached hydrogens (tertiary/aromatic N) is 5. The molecule has 7 heteroatoms. The fraction of sp³-hybridized carbons (Fsp3) is 0.381. The molecule has 144 valence electrons. The number of piperidine rings is 1. The van der Waals surface area contributed by atoms with E-state index in [1.54, 1.807) is 16.9 Å². The Kier molecular flexibility index (Phi) is 4.88. The van der Waals surface area contributed by atoms with Gasteiger partial charge in [0.25, 0.3) is 0 Å². The lowest BCUT2D eigenvalue weighted by Crippen LogP contribution is -2.66. The van der Waals surface area contributed by atoms with Crippen LogP contribution in [0.15, 0.2) is 41.9 Å². The van der Waals surface area contributed by atoms with Crippen LogP contribution in [0.3, 0.4) is 0 Å². The van der Waals surface area contributed by atoms with Crippen molar-refractivity contribution in [2.75, 3.05) is 19.7 Å². The number of hydrogen-bond donors (Lipinski definition) is 1. The van der Waals surface area contributed by atoms with E-state index in [-0.39, 0.29) is 0 Å². The zero-order chi connectivity index (χ0) is 19.7. The summed E-state index contributed by atoms with van der Waals surface area (Å²) in [5.74, 6) is 1.47. The Morgan fingerprint density at radius 1 is 1.50 bits per heavy atom. The number of nitrogens with one attached hydrogen (secondary N) is 1. The molecule has 3 fully saturated rings. The molecule has 2 atom stereocenters. The van der Waals surface area contributed by atoms with Gasteiger partial charge in [0.05, 0.1) is 30.1 Å². The van der Waals surface area contributed by atoms with Gasteiger partial charge in [-0.25, -0.2) is 9.51 Å². The first-order chi connectivity index (χ1) is 13.6. The first-order valence-electron chi connectivity index (χ1n) is 9.57. The van der Waals surface area contributed by atoms with Gasteiger partial charge in [-0.2, -0.15) is 10.4 Å². The summed E-state index contributed by atoms with van der Waals surface area (Å²) in [6, 6.07) is 5.26. The first-order valence-corrected chi connectivity index (χ1v) is 9.57. The number of rotatable bonds is 6. The van der Waals surface area contributed by atoms with Gasteiger partial charge in [0, 0.05) is 37.0 Å². The number of allylic oxidation sites excluding steroid dienone is 2. The summed E-state index contributed by atoms with van der Waals surface area (Å²) in [5.41, 5.74) is 3.03. The number of ether oxygens (including phenoxy) is 1. The van der Waals surface area contributed by atoms with Crippen LogP contribution in [0.4, 0.5) is 0 Å². The smallest absolute Gasteiger partial charge is 0.138 e. The van der Waals surface area contributed by atoms with Gasteiger partial charge in [-0.15, -0.1) is 0 Å². The molecule has 3 aliphatic heterocycles. The quantitative estimate of drug-likeness (QED) is 0.784. The molecular weight excluding hydrogens is 352 g/mol. The normalized spacial score (nSPS) is 21.6. The van der Waals surface area contributed by atoms with Crippen molar-refractivity contribution in [1.29, 1.82) is 5.26 Å². The number of aromatic nitrogens is 2. The summed E-state index contributed by atoms with van der Waals surface area (Å²) in [5, 5.41) is 17.3. The number of aliphatic imine (C=N–C) groups is 1. The van der Waals surface area contributed by atoms with Crippen molar-refractivity contribution in [3.05, 3.63) is 48.1 Å². The second kappa shape index (κ2) is 7.49. The Labute approximate surface area is 164 Å². The van der Waals surface area contributed by atoms with Crippen molar-refractivity contribution >= 4 is 17.3 Å². The van der Waals surface area contributed by atoms with Crippen LogP contribution < -0.4 is 10.1 Å². The van der Waals surface area contributed by atoms with Crippen LogP contribution in [0.5, 0.6) is 5.75 Å². The van der Waals surface area contributed by atoms with Gasteiger partial charge < -0.3 is 15.0 Å². The molecule has 0 radical (unpaired) electrons. The molecule has 0 aromatic carbocycles. The molecule has 0 amide bonds. The van der Waals surface area contributed by atoms with E-state index in [9.17, 15) is 5.26 Å². The minimum atomic E-state index is 0.520. The highest BCUT2D eigenvalue weighted by Gasteiger charge is 2.36. The maximum atomic E-state index is 9.48. The summed E-state index contributed by atoms with van der Waals surface area (Å²) in [7, 11) is 0. The molecule has 5 heterocycles. The molecule has 3 aliphatic rings. The SMILES string of the molecule is C=C(N=C/C(=C\C)c1cc(OCC)cn2ncc(C#N)c12)N1CC2CC(C1)N2. The highest BCUT2D eigenvalue weighted by Crippen LogP contribution is 2.28.